The maximum Gasteiger partial charge on any atom is 0.328 e. The molecule has 0 aliphatic heterocycles. The molecule has 27 heavy (non-hydrogen) atoms. The zero-order valence-corrected chi connectivity index (χ0v) is 15.7. The van der Waals surface area contributed by atoms with Gasteiger partial charge in [0.1, 0.15) is 0 Å². The molecule has 2 aromatic carbocycles. The smallest absolute Gasteiger partial charge is 0.328 e. The van der Waals surface area contributed by atoms with Gasteiger partial charge in [-0.2, -0.15) is 0 Å². The molecule has 0 aliphatic rings. The van der Waals surface area contributed by atoms with Crippen LogP contribution in [0.2, 0.25) is 0 Å². The van der Waals surface area contributed by atoms with E-state index >= 15 is 0 Å². The highest BCUT2D eigenvalue weighted by Crippen LogP contribution is 2.13. The van der Waals surface area contributed by atoms with Gasteiger partial charge in [-0.25, -0.2) is 17.9 Å². The van der Waals surface area contributed by atoms with Gasteiger partial charge in [-0.15, -0.1) is 0 Å². The van der Waals surface area contributed by atoms with Crippen molar-refractivity contribution >= 4 is 27.0 Å². The molecule has 7 nitrogen and oxygen atoms in total. The maximum atomic E-state index is 12.2. The Kier molecular flexibility index (Phi) is 5.00. The lowest BCUT2D eigenvalue weighted by Gasteiger charge is -2.09. The van der Waals surface area contributed by atoms with Crippen LogP contribution in [0, 0.1) is 13.8 Å². The SMILES string of the molecule is Cc1ccc(S(=O)(=O)NC(=O)NCc2cc3ccc(C)cc3[nH]c2=O)cc1. The van der Waals surface area contributed by atoms with Crippen molar-refractivity contribution in [2.75, 3.05) is 0 Å². The quantitative estimate of drug-likeness (QED) is 0.640. The van der Waals surface area contributed by atoms with Gasteiger partial charge in [0.25, 0.3) is 15.6 Å². The Morgan fingerprint density at radius 2 is 1.67 bits per heavy atom. The third kappa shape index (κ3) is 4.35. The second-order valence-corrected chi connectivity index (χ2v) is 8.00. The van der Waals surface area contributed by atoms with Crippen LogP contribution in [0.5, 0.6) is 0 Å². The number of aromatic amines is 1. The Bertz CT molecular complexity index is 1170. The lowest BCUT2D eigenvalue weighted by atomic mass is 10.1. The van der Waals surface area contributed by atoms with Crippen LogP contribution >= 0.6 is 0 Å². The molecule has 1 aromatic heterocycles. The Labute approximate surface area is 156 Å². The van der Waals surface area contributed by atoms with Crippen molar-refractivity contribution in [3.8, 4) is 0 Å². The van der Waals surface area contributed by atoms with Crippen LogP contribution in [-0.2, 0) is 16.6 Å². The van der Waals surface area contributed by atoms with E-state index in [1.165, 1.54) is 12.1 Å². The van der Waals surface area contributed by atoms with Gasteiger partial charge >= 0.3 is 6.03 Å². The molecule has 3 N–H and O–H groups in total. The van der Waals surface area contributed by atoms with Crippen molar-refractivity contribution in [3.05, 3.63) is 75.6 Å². The summed E-state index contributed by atoms with van der Waals surface area (Å²) in [6.07, 6.45) is 0. The zero-order valence-electron chi connectivity index (χ0n) is 14.9. The molecule has 3 rings (SSSR count). The number of rotatable bonds is 4. The average molecular weight is 385 g/mol. The van der Waals surface area contributed by atoms with Crippen LogP contribution in [0.3, 0.4) is 0 Å². The molecule has 0 fully saturated rings. The molecule has 0 radical (unpaired) electrons. The molecular weight excluding hydrogens is 366 g/mol. The van der Waals surface area contributed by atoms with Gasteiger partial charge < -0.3 is 10.3 Å². The van der Waals surface area contributed by atoms with Crippen molar-refractivity contribution in [3.63, 3.8) is 0 Å². The Hall–Kier alpha value is -3.13. The summed E-state index contributed by atoms with van der Waals surface area (Å²) in [5, 5.41) is 3.23. The van der Waals surface area contributed by atoms with Crippen LogP contribution in [0.15, 0.2) is 58.2 Å². The number of hydrogen-bond donors (Lipinski definition) is 3. The number of hydrogen-bond acceptors (Lipinski definition) is 4. The highest BCUT2D eigenvalue weighted by Gasteiger charge is 2.17. The van der Waals surface area contributed by atoms with Crippen molar-refractivity contribution in [1.82, 2.24) is 15.0 Å². The van der Waals surface area contributed by atoms with E-state index in [2.05, 4.69) is 10.3 Å². The minimum absolute atomic E-state index is 0.0119. The number of aromatic nitrogens is 1. The number of benzene rings is 2. The third-order valence-corrected chi connectivity index (χ3v) is 5.42. The fourth-order valence-corrected chi connectivity index (χ4v) is 3.53. The van der Waals surface area contributed by atoms with Gasteiger partial charge in [-0.3, -0.25) is 4.79 Å². The van der Waals surface area contributed by atoms with E-state index in [-0.39, 0.29) is 17.0 Å². The number of carbonyl (C=O) groups excluding carboxylic acids is 1. The zero-order chi connectivity index (χ0) is 19.6. The molecule has 0 spiro atoms. The van der Waals surface area contributed by atoms with Crippen LogP contribution in [-0.4, -0.2) is 19.4 Å². The van der Waals surface area contributed by atoms with Gasteiger partial charge in [0.05, 0.1) is 11.4 Å². The van der Waals surface area contributed by atoms with E-state index in [9.17, 15) is 18.0 Å². The summed E-state index contributed by atoms with van der Waals surface area (Å²) in [6.45, 7) is 3.65. The first-order valence-corrected chi connectivity index (χ1v) is 9.73. The van der Waals surface area contributed by atoms with Crippen molar-refractivity contribution in [1.29, 1.82) is 0 Å². The second kappa shape index (κ2) is 7.24. The standard InChI is InChI=1S/C19H19N3O4S/c1-12-4-7-16(8-5-12)27(25,26)22-19(24)20-11-15-10-14-6-3-13(2)9-17(14)21-18(15)23/h3-10H,11H2,1-2H3,(H,21,23)(H2,20,22,24). The summed E-state index contributed by atoms with van der Waals surface area (Å²) in [5.41, 5.74) is 2.62. The number of aryl methyl sites for hydroxylation is 2. The minimum atomic E-state index is -3.98. The van der Waals surface area contributed by atoms with Gasteiger partial charge in [0, 0.05) is 11.1 Å². The molecule has 1 heterocycles. The predicted octanol–water partition coefficient (Wildman–Crippen LogP) is 2.33. The van der Waals surface area contributed by atoms with E-state index in [1.54, 1.807) is 18.2 Å². The van der Waals surface area contributed by atoms with Crippen molar-refractivity contribution < 1.29 is 13.2 Å². The predicted molar refractivity (Wildman–Crippen MR) is 103 cm³/mol. The number of nitrogens with one attached hydrogen (secondary N) is 3. The molecule has 8 heteroatoms. The van der Waals surface area contributed by atoms with Crippen LogP contribution in [0.4, 0.5) is 4.79 Å². The molecule has 0 saturated heterocycles. The molecule has 0 saturated carbocycles. The Balaban J connectivity index is 1.71. The lowest BCUT2D eigenvalue weighted by molar-refractivity contribution is 0.245. The lowest BCUT2D eigenvalue weighted by Crippen LogP contribution is -2.39. The molecule has 140 valence electrons. The normalized spacial score (nSPS) is 11.3. The Morgan fingerprint density at radius 1 is 1.00 bits per heavy atom. The highest BCUT2D eigenvalue weighted by atomic mass is 32.2. The van der Waals surface area contributed by atoms with E-state index in [4.69, 9.17) is 0 Å². The van der Waals surface area contributed by atoms with Crippen LogP contribution < -0.4 is 15.6 Å². The number of sulfonamides is 1. The fraction of sp³-hybridized carbons (Fsp3) is 0.158. The van der Waals surface area contributed by atoms with Crippen LogP contribution in [0.25, 0.3) is 10.9 Å². The number of H-pyrrole nitrogens is 1. The van der Waals surface area contributed by atoms with Crippen LogP contribution in [0.1, 0.15) is 16.7 Å². The van der Waals surface area contributed by atoms with E-state index < -0.39 is 16.1 Å². The van der Waals surface area contributed by atoms with Crippen molar-refractivity contribution in [2.45, 2.75) is 25.3 Å². The van der Waals surface area contributed by atoms with E-state index in [0.29, 0.717) is 11.1 Å². The number of urea groups is 1. The number of fused-ring (bicyclic) bond motifs is 1. The summed E-state index contributed by atoms with van der Waals surface area (Å²) in [7, 11) is -3.98. The summed E-state index contributed by atoms with van der Waals surface area (Å²) >= 11 is 0. The molecule has 2 amide bonds. The van der Waals surface area contributed by atoms with E-state index in [1.807, 2.05) is 36.8 Å². The topological polar surface area (TPSA) is 108 Å². The fourth-order valence-electron chi connectivity index (χ4n) is 2.60. The molecule has 0 aliphatic carbocycles. The monoisotopic (exact) mass is 385 g/mol. The molecular formula is C19H19N3O4S. The molecule has 0 atom stereocenters. The molecule has 3 aromatic rings. The summed E-state index contributed by atoms with van der Waals surface area (Å²) in [5.74, 6) is 0. The Morgan fingerprint density at radius 3 is 2.37 bits per heavy atom. The largest absolute Gasteiger partial charge is 0.333 e. The first kappa shape index (κ1) is 18.7. The van der Waals surface area contributed by atoms with E-state index in [0.717, 1.165) is 16.5 Å². The highest BCUT2D eigenvalue weighted by molar-refractivity contribution is 7.90. The third-order valence-electron chi connectivity index (χ3n) is 4.08. The first-order valence-electron chi connectivity index (χ1n) is 8.24. The summed E-state index contributed by atoms with van der Waals surface area (Å²) < 4.78 is 26.3. The number of carbonyl (C=O) groups is 1. The summed E-state index contributed by atoms with van der Waals surface area (Å²) in [6, 6.07) is 12.5. The maximum absolute atomic E-state index is 12.2. The molecule has 0 unspecified atom stereocenters. The average Bonchev–Trinajstić information content (AvgIpc) is 2.60. The number of amides is 2. The summed E-state index contributed by atoms with van der Waals surface area (Å²) in [4.78, 5) is 26.9. The molecule has 0 bridgehead atoms. The van der Waals surface area contributed by atoms with Gasteiger partial charge in [0.2, 0.25) is 0 Å². The second-order valence-electron chi connectivity index (χ2n) is 6.32. The van der Waals surface area contributed by atoms with Gasteiger partial charge in [0.15, 0.2) is 0 Å². The van der Waals surface area contributed by atoms with Crippen molar-refractivity contribution in [2.24, 2.45) is 0 Å². The van der Waals surface area contributed by atoms with Gasteiger partial charge in [-0.1, -0.05) is 29.8 Å². The minimum Gasteiger partial charge on any atom is -0.333 e. The number of pyridine rings is 1. The van der Waals surface area contributed by atoms with Gasteiger partial charge in [-0.05, 0) is 49.1 Å². The first-order chi connectivity index (χ1) is 12.7.